The molecule has 0 aliphatic rings. The van der Waals surface area contributed by atoms with Crippen molar-refractivity contribution in [2.75, 3.05) is 6.54 Å². The summed E-state index contributed by atoms with van der Waals surface area (Å²) in [6, 6.07) is 12.3. The quantitative estimate of drug-likeness (QED) is 0.809. The van der Waals surface area contributed by atoms with E-state index in [1.807, 2.05) is 18.2 Å². The van der Waals surface area contributed by atoms with Crippen LogP contribution in [0.2, 0.25) is 0 Å². The van der Waals surface area contributed by atoms with Gasteiger partial charge < -0.3 is 10.5 Å². The number of hydrogen-bond acceptors (Lipinski definition) is 2. The number of nitrogens with two attached hydrogens (primary N) is 1. The third kappa shape index (κ3) is 4.08. The molecule has 0 aliphatic carbocycles. The topological polar surface area (TPSA) is 35.2 Å². The van der Waals surface area contributed by atoms with Gasteiger partial charge in [0.2, 0.25) is 0 Å². The van der Waals surface area contributed by atoms with Crippen molar-refractivity contribution < 1.29 is 4.74 Å². The summed E-state index contributed by atoms with van der Waals surface area (Å²) >= 11 is 3.57. The van der Waals surface area contributed by atoms with Gasteiger partial charge in [-0.1, -0.05) is 41.9 Å². The van der Waals surface area contributed by atoms with E-state index < -0.39 is 0 Å². The Hall–Kier alpha value is -1.32. The van der Waals surface area contributed by atoms with Crippen LogP contribution in [0.5, 0.6) is 11.5 Å². The van der Waals surface area contributed by atoms with Crippen LogP contribution in [-0.4, -0.2) is 6.54 Å². The van der Waals surface area contributed by atoms with E-state index in [4.69, 9.17) is 10.5 Å². The third-order valence-corrected chi connectivity index (χ3v) is 4.28. The first-order valence-electron chi connectivity index (χ1n) is 7.28. The summed E-state index contributed by atoms with van der Waals surface area (Å²) in [5.74, 6) is 2.23. The van der Waals surface area contributed by atoms with Gasteiger partial charge in [-0.25, -0.2) is 0 Å². The number of aryl methyl sites for hydroxylation is 1. The highest BCUT2D eigenvalue weighted by atomic mass is 79.9. The number of hydrogen-bond donors (Lipinski definition) is 1. The maximum Gasteiger partial charge on any atom is 0.128 e. The Kier molecular flexibility index (Phi) is 5.43. The van der Waals surface area contributed by atoms with E-state index in [0.29, 0.717) is 12.5 Å². The van der Waals surface area contributed by atoms with Crippen molar-refractivity contribution in [3.05, 3.63) is 57.6 Å². The molecular formula is C18H22BrNO. The van der Waals surface area contributed by atoms with Gasteiger partial charge in [0.25, 0.3) is 0 Å². The van der Waals surface area contributed by atoms with Crippen LogP contribution in [0.3, 0.4) is 0 Å². The van der Waals surface area contributed by atoms with E-state index in [2.05, 4.69) is 54.9 Å². The first-order valence-corrected chi connectivity index (χ1v) is 8.07. The Morgan fingerprint density at radius 2 is 1.76 bits per heavy atom. The van der Waals surface area contributed by atoms with Gasteiger partial charge in [-0.05, 0) is 66.8 Å². The van der Waals surface area contributed by atoms with E-state index in [9.17, 15) is 0 Å². The van der Waals surface area contributed by atoms with Crippen LogP contribution in [0.15, 0.2) is 40.9 Å². The molecular weight excluding hydrogens is 326 g/mol. The van der Waals surface area contributed by atoms with Crippen LogP contribution in [-0.2, 0) is 6.42 Å². The van der Waals surface area contributed by atoms with Gasteiger partial charge in [0.15, 0.2) is 0 Å². The van der Waals surface area contributed by atoms with Crippen molar-refractivity contribution in [1.82, 2.24) is 0 Å². The van der Waals surface area contributed by atoms with E-state index in [1.54, 1.807) is 0 Å². The van der Waals surface area contributed by atoms with Gasteiger partial charge in [0, 0.05) is 4.47 Å². The van der Waals surface area contributed by atoms with Gasteiger partial charge in [-0.3, -0.25) is 0 Å². The molecule has 2 N–H and O–H groups in total. The van der Waals surface area contributed by atoms with Crippen molar-refractivity contribution in [3.63, 3.8) is 0 Å². The summed E-state index contributed by atoms with van der Waals surface area (Å²) < 4.78 is 6.99. The van der Waals surface area contributed by atoms with Gasteiger partial charge >= 0.3 is 0 Å². The molecule has 2 nitrogen and oxygen atoms in total. The number of halogens is 1. The minimum atomic E-state index is 0.531. The van der Waals surface area contributed by atoms with Gasteiger partial charge in [0.1, 0.15) is 11.5 Å². The normalized spacial score (nSPS) is 11.0. The minimum absolute atomic E-state index is 0.531. The molecule has 0 aliphatic heterocycles. The van der Waals surface area contributed by atoms with E-state index in [1.165, 1.54) is 16.7 Å². The average molecular weight is 348 g/mol. The van der Waals surface area contributed by atoms with Crippen LogP contribution >= 0.6 is 15.9 Å². The summed E-state index contributed by atoms with van der Waals surface area (Å²) in [5.41, 5.74) is 9.43. The molecule has 0 saturated heterocycles. The zero-order valence-corrected chi connectivity index (χ0v) is 14.4. The van der Waals surface area contributed by atoms with Crippen LogP contribution < -0.4 is 10.5 Å². The smallest absolute Gasteiger partial charge is 0.128 e. The molecule has 2 aromatic carbocycles. The Morgan fingerprint density at radius 1 is 1.10 bits per heavy atom. The van der Waals surface area contributed by atoms with Crippen molar-refractivity contribution >= 4 is 15.9 Å². The zero-order chi connectivity index (χ0) is 15.4. The summed E-state index contributed by atoms with van der Waals surface area (Å²) in [7, 11) is 0. The molecule has 0 aromatic heterocycles. The molecule has 0 radical (unpaired) electrons. The molecule has 2 rings (SSSR count). The fraction of sp³-hybridized carbons (Fsp3) is 0.333. The van der Waals surface area contributed by atoms with Crippen LogP contribution in [0, 0.1) is 6.92 Å². The molecule has 0 spiro atoms. The second-order valence-electron chi connectivity index (χ2n) is 5.57. The second kappa shape index (κ2) is 7.10. The van der Waals surface area contributed by atoms with Crippen LogP contribution in [0.1, 0.15) is 36.5 Å². The molecule has 0 fully saturated rings. The molecule has 0 bridgehead atoms. The van der Waals surface area contributed by atoms with Crippen molar-refractivity contribution in [1.29, 1.82) is 0 Å². The Bertz CT molecular complexity index is 623. The predicted molar refractivity (Wildman–Crippen MR) is 92.2 cm³/mol. The summed E-state index contributed by atoms with van der Waals surface area (Å²) in [4.78, 5) is 0. The fourth-order valence-electron chi connectivity index (χ4n) is 2.45. The monoisotopic (exact) mass is 347 g/mol. The van der Waals surface area contributed by atoms with Crippen molar-refractivity contribution in [3.8, 4) is 11.5 Å². The molecule has 0 saturated carbocycles. The lowest BCUT2D eigenvalue weighted by Gasteiger charge is -2.13. The first kappa shape index (κ1) is 16.1. The lowest BCUT2D eigenvalue weighted by molar-refractivity contribution is 0.481. The standard InChI is InChI=1S/C18H22BrNO/c1-12(2)17-7-6-15(10-13(17)3)21-16-5-4-14(8-9-20)18(19)11-16/h4-7,10-12H,8-9,20H2,1-3H3. The van der Waals surface area contributed by atoms with E-state index >= 15 is 0 Å². The SMILES string of the molecule is Cc1cc(Oc2ccc(CCN)c(Br)c2)ccc1C(C)C. The zero-order valence-electron chi connectivity index (χ0n) is 12.8. The number of rotatable bonds is 5. The third-order valence-electron chi connectivity index (χ3n) is 3.54. The molecule has 112 valence electrons. The molecule has 0 amide bonds. The maximum absolute atomic E-state index is 5.95. The lowest BCUT2D eigenvalue weighted by Crippen LogP contribution is -2.03. The maximum atomic E-state index is 5.95. The summed E-state index contributed by atoms with van der Waals surface area (Å²) in [6.07, 6.45) is 0.864. The second-order valence-corrected chi connectivity index (χ2v) is 6.42. The van der Waals surface area contributed by atoms with Gasteiger partial charge in [-0.2, -0.15) is 0 Å². The Balaban J connectivity index is 2.18. The minimum Gasteiger partial charge on any atom is -0.457 e. The fourth-order valence-corrected chi connectivity index (χ4v) is 3.00. The molecule has 21 heavy (non-hydrogen) atoms. The first-order chi connectivity index (χ1) is 10.0. The molecule has 0 heterocycles. The molecule has 0 unspecified atom stereocenters. The highest BCUT2D eigenvalue weighted by Gasteiger charge is 2.07. The van der Waals surface area contributed by atoms with Crippen molar-refractivity contribution in [2.24, 2.45) is 5.73 Å². The number of ether oxygens (including phenoxy) is 1. The van der Waals surface area contributed by atoms with E-state index in [0.717, 1.165) is 22.4 Å². The van der Waals surface area contributed by atoms with Crippen LogP contribution in [0.4, 0.5) is 0 Å². The van der Waals surface area contributed by atoms with E-state index in [-0.39, 0.29) is 0 Å². The lowest BCUT2D eigenvalue weighted by atomic mass is 9.98. The van der Waals surface area contributed by atoms with Gasteiger partial charge in [0.05, 0.1) is 0 Å². The molecule has 0 atom stereocenters. The van der Waals surface area contributed by atoms with Crippen LogP contribution in [0.25, 0.3) is 0 Å². The Labute approximate surface area is 135 Å². The molecule has 3 heteroatoms. The largest absolute Gasteiger partial charge is 0.457 e. The summed E-state index contributed by atoms with van der Waals surface area (Å²) in [5, 5.41) is 0. The Morgan fingerprint density at radius 3 is 2.33 bits per heavy atom. The molecule has 2 aromatic rings. The average Bonchev–Trinajstić information content (AvgIpc) is 2.41. The predicted octanol–water partition coefficient (Wildman–Crippen LogP) is 5.17. The van der Waals surface area contributed by atoms with Crippen molar-refractivity contribution in [2.45, 2.75) is 33.1 Å². The summed E-state index contributed by atoms with van der Waals surface area (Å²) in [6.45, 7) is 7.18. The highest BCUT2D eigenvalue weighted by molar-refractivity contribution is 9.10. The highest BCUT2D eigenvalue weighted by Crippen LogP contribution is 2.29. The van der Waals surface area contributed by atoms with Gasteiger partial charge in [-0.15, -0.1) is 0 Å². The number of benzene rings is 2.